The molecule has 120 valence electrons. The van der Waals surface area contributed by atoms with Gasteiger partial charge in [-0.05, 0) is 38.2 Å². The number of rotatable bonds is 4. The van der Waals surface area contributed by atoms with E-state index in [9.17, 15) is 14.7 Å². The number of fused-ring (bicyclic) bond motifs is 3. The minimum atomic E-state index is -0.846. The van der Waals surface area contributed by atoms with Crippen LogP contribution in [0.5, 0.6) is 0 Å². The SMILES string of the molecule is CN(C)CCC(=O)n1c2c(c3ccncc31)CC(C(=O)O)C=C2. The number of carboxylic acids is 1. The van der Waals surface area contributed by atoms with Gasteiger partial charge in [-0.3, -0.25) is 19.1 Å². The minimum absolute atomic E-state index is 0.00336. The van der Waals surface area contributed by atoms with Gasteiger partial charge in [0.25, 0.3) is 0 Å². The third-order valence-corrected chi connectivity index (χ3v) is 4.17. The Morgan fingerprint density at radius 2 is 2.22 bits per heavy atom. The fraction of sp³-hybridized carbons (Fsp3) is 0.353. The number of carboxylic acid groups (broad SMARTS) is 1. The summed E-state index contributed by atoms with van der Waals surface area (Å²) >= 11 is 0. The van der Waals surface area contributed by atoms with Crippen LogP contribution in [0.3, 0.4) is 0 Å². The molecule has 1 aliphatic carbocycles. The van der Waals surface area contributed by atoms with Gasteiger partial charge >= 0.3 is 5.97 Å². The number of aliphatic carboxylic acids is 1. The van der Waals surface area contributed by atoms with E-state index in [0.29, 0.717) is 19.4 Å². The quantitative estimate of drug-likeness (QED) is 0.933. The van der Waals surface area contributed by atoms with Crippen molar-refractivity contribution in [3.05, 3.63) is 35.8 Å². The summed E-state index contributed by atoms with van der Waals surface area (Å²) in [4.78, 5) is 30.0. The summed E-state index contributed by atoms with van der Waals surface area (Å²) in [6.07, 6.45) is 7.55. The Bertz CT molecular complexity index is 805. The summed E-state index contributed by atoms with van der Waals surface area (Å²) in [6, 6.07) is 1.85. The first-order valence-corrected chi connectivity index (χ1v) is 7.55. The molecule has 2 aromatic heterocycles. The van der Waals surface area contributed by atoms with Crippen LogP contribution in [0.15, 0.2) is 24.5 Å². The fourth-order valence-corrected chi connectivity index (χ4v) is 2.98. The molecule has 6 nitrogen and oxygen atoms in total. The van der Waals surface area contributed by atoms with Gasteiger partial charge in [0.1, 0.15) is 0 Å². The highest BCUT2D eigenvalue weighted by molar-refractivity contribution is 5.99. The predicted molar refractivity (Wildman–Crippen MR) is 87.4 cm³/mol. The van der Waals surface area contributed by atoms with Crippen LogP contribution in [0.2, 0.25) is 0 Å². The van der Waals surface area contributed by atoms with E-state index in [1.54, 1.807) is 29.1 Å². The Balaban J connectivity index is 2.09. The van der Waals surface area contributed by atoms with Gasteiger partial charge in [-0.25, -0.2) is 0 Å². The molecule has 1 atom stereocenters. The molecule has 0 aliphatic heterocycles. The molecule has 0 saturated heterocycles. The molecule has 23 heavy (non-hydrogen) atoms. The van der Waals surface area contributed by atoms with Gasteiger partial charge in [-0.2, -0.15) is 0 Å². The molecule has 3 rings (SSSR count). The van der Waals surface area contributed by atoms with Crippen LogP contribution >= 0.6 is 0 Å². The van der Waals surface area contributed by atoms with Gasteiger partial charge in [0.15, 0.2) is 0 Å². The number of hydrogen-bond donors (Lipinski definition) is 1. The van der Waals surface area contributed by atoms with Crippen LogP contribution in [-0.2, 0) is 11.2 Å². The highest BCUT2D eigenvalue weighted by Gasteiger charge is 2.27. The number of aromatic nitrogens is 2. The lowest BCUT2D eigenvalue weighted by Gasteiger charge is -2.15. The maximum atomic E-state index is 12.7. The van der Waals surface area contributed by atoms with Gasteiger partial charge in [-0.1, -0.05) is 6.08 Å². The zero-order valence-corrected chi connectivity index (χ0v) is 13.2. The summed E-state index contributed by atoms with van der Waals surface area (Å²) in [5, 5.41) is 10.2. The van der Waals surface area contributed by atoms with Crippen LogP contribution in [0.1, 0.15) is 22.5 Å². The molecule has 1 N–H and O–H groups in total. The van der Waals surface area contributed by atoms with Crippen molar-refractivity contribution in [3.8, 4) is 0 Å². The Morgan fingerprint density at radius 3 is 2.91 bits per heavy atom. The molecule has 2 aromatic rings. The summed E-state index contributed by atoms with van der Waals surface area (Å²) in [7, 11) is 3.85. The molecular weight excluding hydrogens is 294 g/mol. The van der Waals surface area contributed by atoms with Crippen LogP contribution in [-0.4, -0.2) is 52.1 Å². The first kappa shape index (κ1) is 15.4. The number of carbonyl (C=O) groups excluding carboxylic acids is 1. The molecule has 0 spiro atoms. The zero-order valence-electron chi connectivity index (χ0n) is 13.2. The van der Waals surface area contributed by atoms with Gasteiger partial charge in [0, 0.05) is 24.5 Å². The van der Waals surface area contributed by atoms with Crippen molar-refractivity contribution in [3.63, 3.8) is 0 Å². The highest BCUT2D eigenvalue weighted by Crippen LogP contribution is 2.33. The summed E-state index contributed by atoms with van der Waals surface area (Å²) in [5.41, 5.74) is 2.45. The zero-order chi connectivity index (χ0) is 16.6. The van der Waals surface area contributed by atoms with Crippen LogP contribution in [0, 0.1) is 5.92 Å². The standard InChI is InChI=1S/C17H19N3O3/c1-19(2)8-6-16(21)20-14-4-3-11(17(22)23)9-13(14)12-5-7-18-10-15(12)20/h3-5,7,10-11H,6,8-9H2,1-2H3,(H,22,23). The van der Waals surface area contributed by atoms with Gasteiger partial charge < -0.3 is 10.0 Å². The fourth-order valence-electron chi connectivity index (χ4n) is 2.98. The molecule has 1 unspecified atom stereocenters. The first-order chi connectivity index (χ1) is 11.0. The van der Waals surface area contributed by atoms with Crippen molar-refractivity contribution in [1.29, 1.82) is 0 Å². The number of hydrogen-bond acceptors (Lipinski definition) is 4. The Labute approximate surface area is 134 Å². The van der Waals surface area contributed by atoms with E-state index in [0.717, 1.165) is 22.2 Å². The molecule has 0 saturated carbocycles. The Hall–Kier alpha value is -2.47. The van der Waals surface area contributed by atoms with Crippen LogP contribution in [0.25, 0.3) is 17.0 Å². The van der Waals surface area contributed by atoms with Crippen molar-refractivity contribution in [1.82, 2.24) is 14.5 Å². The van der Waals surface area contributed by atoms with Crippen LogP contribution in [0.4, 0.5) is 0 Å². The lowest BCUT2D eigenvalue weighted by atomic mass is 9.92. The topological polar surface area (TPSA) is 75.4 Å². The van der Waals surface area contributed by atoms with Crippen LogP contribution < -0.4 is 0 Å². The Kier molecular flexibility index (Phi) is 4.00. The smallest absolute Gasteiger partial charge is 0.310 e. The van der Waals surface area contributed by atoms with Gasteiger partial charge in [0.2, 0.25) is 5.91 Å². The molecule has 1 aliphatic rings. The average Bonchev–Trinajstić information content (AvgIpc) is 2.86. The van der Waals surface area contributed by atoms with Crippen molar-refractivity contribution in [2.24, 2.45) is 5.92 Å². The second kappa shape index (κ2) is 5.96. The predicted octanol–water partition coefficient (Wildman–Crippen LogP) is 1.90. The van der Waals surface area contributed by atoms with E-state index in [-0.39, 0.29) is 5.91 Å². The van der Waals surface area contributed by atoms with E-state index in [1.165, 1.54) is 0 Å². The van der Waals surface area contributed by atoms with E-state index < -0.39 is 11.9 Å². The summed E-state index contributed by atoms with van der Waals surface area (Å²) in [5.74, 6) is -1.40. The third kappa shape index (κ3) is 2.77. The molecule has 0 radical (unpaired) electrons. The van der Waals surface area contributed by atoms with Crippen molar-refractivity contribution < 1.29 is 14.7 Å². The van der Waals surface area contributed by atoms with Crippen molar-refractivity contribution in [2.75, 3.05) is 20.6 Å². The lowest BCUT2D eigenvalue weighted by Crippen LogP contribution is -2.22. The molecule has 0 bridgehead atoms. The van der Waals surface area contributed by atoms with Crippen molar-refractivity contribution >= 4 is 28.9 Å². The second-order valence-corrected chi connectivity index (χ2v) is 6.05. The monoisotopic (exact) mass is 313 g/mol. The lowest BCUT2D eigenvalue weighted by molar-refractivity contribution is -0.140. The molecule has 0 aromatic carbocycles. The number of pyridine rings is 1. The van der Waals surface area contributed by atoms with Crippen molar-refractivity contribution in [2.45, 2.75) is 12.8 Å². The summed E-state index contributed by atoms with van der Waals surface area (Å²) in [6.45, 7) is 0.662. The van der Waals surface area contributed by atoms with E-state index in [2.05, 4.69) is 4.98 Å². The second-order valence-electron chi connectivity index (χ2n) is 6.05. The summed E-state index contributed by atoms with van der Waals surface area (Å²) < 4.78 is 1.68. The number of carbonyl (C=O) groups is 2. The molecule has 0 amide bonds. The molecule has 6 heteroatoms. The number of nitrogens with zero attached hydrogens (tertiary/aromatic N) is 3. The average molecular weight is 313 g/mol. The van der Waals surface area contributed by atoms with Gasteiger partial charge in [0.05, 0.1) is 23.3 Å². The van der Waals surface area contributed by atoms with E-state index in [1.807, 2.05) is 25.1 Å². The molecule has 2 heterocycles. The van der Waals surface area contributed by atoms with E-state index in [4.69, 9.17) is 0 Å². The minimum Gasteiger partial charge on any atom is -0.481 e. The molecule has 0 fully saturated rings. The van der Waals surface area contributed by atoms with E-state index >= 15 is 0 Å². The maximum Gasteiger partial charge on any atom is 0.310 e. The largest absolute Gasteiger partial charge is 0.481 e. The maximum absolute atomic E-state index is 12.7. The first-order valence-electron chi connectivity index (χ1n) is 7.55. The molecular formula is C17H19N3O3. The van der Waals surface area contributed by atoms with Gasteiger partial charge in [-0.15, -0.1) is 0 Å². The highest BCUT2D eigenvalue weighted by atomic mass is 16.4. The third-order valence-electron chi connectivity index (χ3n) is 4.17. The normalized spacial score (nSPS) is 16.7. The Morgan fingerprint density at radius 1 is 1.43 bits per heavy atom.